The van der Waals surface area contributed by atoms with E-state index in [0.29, 0.717) is 39.0 Å². The first-order chi connectivity index (χ1) is 13.3. The van der Waals surface area contributed by atoms with E-state index in [-0.39, 0.29) is 22.9 Å². The molecule has 0 aromatic carbocycles. The molecule has 166 valence electrons. The fourth-order valence-electron chi connectivity index (χ4n) is 3.14. The summed E-state index contributed by atoms with van der Waals surface area (Å²) in [4.78, 5) is 22.7. The van der Waals surface area contributed by atoms with Crippen molar-refractivity contribution in [3.8, 4) is 0 Å². The summed E-state index contributed by atoms with van der Waals surface area (Å²) >= 11 is 0. The zero-order chi connectivity index (χ0) is 21.5. The van der Waals surface area contributed by atoms with Crippen molar-refractivity contribution < 1.29 is 19.1 Å². The van der Waals surface area contributed by atoms with Crippen molar-refractivity contribution in [2.75, 3.05) is 33.4 Å². The van der Waals surface area contributed by atoms with Gasteiger partial charge in [0, 0.05) is 19.4 Å². The zero-order valence-corrected chi connectivity index (χ0v) is 19.1. The molecule has 0 aliphatic rings. The van der Waals surface area contributed by atoms with Crippen LogP contribution in [0.1, 0.15) is 86.0 Å². The quantitative estimate of drug-likeness (QED) is 0.344. The minimum atomic E-state index is -0.254. The van der Waals surface area contributed by atoms with Gasteiger partial charge in [-0.3, -0.25) is 4.79 Å². The molecule has 2 N–H and O–H groups in total. The molecule has 0 aliphatic heterocycles. The van der Waals surface area contributed by atoms with Crippen molar-refractivity contribution >= 4 is 11.7 Å². The molecular formula is C22H44N2O4. The number of hydrogen-bond donors (Lipinski definition) is 2. The SMILES string of the molecule is CCC(CC)(CCNC)OCC[C@](C)(CC)OCCNC(=O)CCCC(C)=O. The van der Waals surface area contributed by atoms with Crippen molar-refractivity contribution in [2.24, 2.45) is 0 Å². The molecule has 0 heterocycles. The smallest absolute Gasteiger partial charge is 0.220 e. The van der Waals surface area contributed by atoms with Crippen molar-refractivity contribution in [1.82, 2.24) is 10.6 Å². The maximum atomic E-state index is 11.8. The summed E-state index contributed by atoms with van der Waals surface area (Å²) in [7, 11) is 1.97. The van der Waals surface area contributed by atoms with Crippen LogP contribution in [-0.2, 0) is 19.1 Å². The summed E-state index contributed by atoms with van der Waals surface area (Å²) in [6.07, 6.45) is 6.20. The molecule has 0 radical (unpaired) electrons. The molecule has 0 rings (SSSR count). The molecule has 0 unspecified atom stereocenters. The van der Waals surface area contributed by atoms with Gasteiger partial charge in [-0.1, -0.05) is 20.8 Å². The third-order valence-electron chi connectivity index (χ3n) is 5.71. The molecule has 0 spiro atoms. The number of carbonyl (C=O) groups excluding carboxylic acids is 2. The summed E-state index contributed by atoms with van der Waals surface area (Å²) in [5, 5.41) is 6.08. The van der Waals surface area contributed by atoms with Gasteiger partial charge in [-0.2, -0.15) is 0 Å². The number of ether oxygens (including phenoxy) is 2. The summed E-state index contributed by atoms with van der Waals surface area (Å²) < 4.78 is 12.4. The largest absolute Gasteiger partial charge is 0.375 e. The van der Waals surface area contributed by atoms with Crippen LogP contribution in [0.5, 0.6) is 0 Å². The van der Waals surface area contributed by atoms with Gasteiger partial charge < -0.3 is 24.9 Å². The first kappa shape index (κ1) is 27.0. The van der Waals surface area contributed by atoms with E-state index in [9.17, 15) is 9.59 Å². The van der Waals surface area contributed by atoms with E-state index < -0.39 is 0 Å². The van der Waals surface area contributed by atoms with E-state index in [1.807, 2.05) is 7.05 Å². The molecule has 0 aliphatic carbocycles. The summed E-state index contributed by atoms with van der Waals surface area (Å²) in [6, 6.07) is 0. The standard InChI is InChI=1S/C22H44N2O4/c1-7-21(5,14-17-28-22(8-2,9-3)13-15-23-6)27-18-16-24-20(26)12-10-11-19(4)25/h23H,7-18H2,1-6H3,(H,24,26)/t21-/m0/s1. The van der Waals surface area contributed by atoms with Gasteiger partial charge in [0.25, 0.3) is 0 Å². The van der Waals surface area contributed by atoms with E-state index in [2.05, 4.69) is 38.3 Å². The fraction of sp³-hybridized carbons (Fsp3) is 0.909. The van der Waals surface area contributed by atoms with Gasteiger partial charge in [0.05, 0.1) is 24.4 Å². The van der Waals surface area contributed by atoms with Crippen molar-refractivity contribution in [3.63, 3.8) is 0 Å². The number of Topliss-reactive ketones (excluding diaryl/α,β-unsaturated/α-hetero) is 1. The Hall–Kier alpha value is -0.980. The summed E-state index contributed by atoms with van der Waals surface area (Å²) in [5.74, 6) is 0.102. The monoisotopic (exact) mass is 400 g/mol. The Balaban J connectivity index is 4.23. The number of ketones is 1. The molecule has 0 saturated heterocycles. The maximum absolute atomic E-state index is 11.8. The third kappa shape index (κ3) is 11.8. The Morgan fingerprint density at radius 2 is 1.57 bits per heavy atom. The van der Waals surface area contributed by atoms with Gasteiger partial charge in [-0.05, 0) is 66.0 Å². The molecule has 1 amide bonds. The van der Waals surface area contributed by atoms with E-state index in [4.69, 9.17) is 9.47 Å². The molecule has 28 heavy (non-hydrogen) atoms. The van der Waals surface area contributed by atoms with Crippen molar-refractivity contribution in [3.05, 3.63) is 0 Å². The van der Waals surface area contributed by atoms with Crippen LogP contribution in [0.15, 0.2) is 0 Å². The third-order valence-corrected chi connectivity index (χ3v) is 5.71. The van der Waals surface area contributed by atoms with Crippen LogP contribution in [0.4, 0.5) is 0 Å². The highest BCUT2D eigenvalue weighted by atomic mass is 16.5. The average molecular weight is 401 g/mol. The highest BCUT2D eigenvalue weighted by Crippen LogP contribution is 2.27. The lowest BCUT2D eigenvalue weighted by Gasteiger charge is -2.35. The predicted molar refractivity (Wildman–Crippen MR) is 115 cm³/mol. The van der Waals surface area contributed by atoms with Gasteiger partial charge >= 0.3 is 0 Å². The van der Waals surface area contributed by atoms with Gasteiger partial charge in [0.15, 0.2) is 0 Å². The van der Waals surface area contributed by atoms with Crippen LogP contribution >= 0.6 is 0 Å². The Kier molecular flexibility index (Phi) is 14.4. The highest BCUT2D eigenvalue weighted by Gasteiger charge is 2.29. The summed E-state index contributed by atoms with van der Waals surface area (Å²) in [6.45, 7) is 12.8. The lowest BCUT2D eigenvalue weighted by Crippen LogP contribution is -2.38. The van der Waals surface area contributed by atoms with E-state index in [0.717, 1.165) is 38.6 Å². The molecule has 0 saturated carbocycles. The normalized spacial score (nSPS) is 13.9. The lowest BCUT2D eigenvalue weighted by atomic mass is 9.92. The van der Waals surface area contributed by atoms with E-state index >= 15 is 0 Å². The number of nitrogens with one attached hydrogen (secondary N) is 2. The van der Waals surface area contributed by atoms with Crippen LogP contribution in [0.2, 0.25) is 0 Å². The molecule has 0 bridgehead atoms. The second kappa shape index (κ2) is 14.9. The van der Waals surface area contributed by atoms with Crippen LogP contribution in [0, 0.1) is 0 Å². The average Bonchev–Trinajstić information content (AvgIpc) is 2.68. The Morgan fingerprint density at radius 1 is 0.893 bits per heavy atom. The maximum Gasteiger partial charge on any atom is 0.220 e. The summed E-state index contributed by atoms with van der Waals surface area (Å²) in [5.41, 5.74) is -0.318. The predicted octanol–water partition coefficient (Wildman–Crippen LogP) is 3.62. The first-order valence-electron chi connectivity index (χ1n) is 10.9. The van der Waals surface area contributed by atoms with E-state index in [1.54, 1.807) is 6.92 Å². The Bertz CT molecular complexity index is 438. The topological polar surface area (TPSA) is 76.7 Å². The van der Waals surface area contributed by atoms with Crippen LogP contribution in [0.25, 0.3) is 0 Å². The molecule has 0 aromatic heterocycles. The molecule has 0 aromatic rings. The number of amides is 1. The molecule has 0 fully saturated rings. The van der Waals surface area contributed by atoms with Crippen LogP contribution in [-0.4, -0.2) is 56.2 Å². The van der Waals surface area contributed by atoms with Gasteiger partial charge in [-0.25, -0.2) is 0 Å². The number of hydrogen-bond acceptors (Lipinski definition) is 5. The fourth-order valence-corrected chi connectivity index (χ4v) is 3.14. The zero-order valence-electron chi connectivity index (χ0n) is 19.1. The molecular weight excluding hydrogens is 356 g/mol. The van der Waals surface area contributed by atoms with Gasteiger partial charge in [-0.15, -0.1) is 0 Å². The van der Waals surface area contributed by atoms with E-state index in [1.165, 1.54) is 0 Å². The second-order valence-electron chi connectivity index (χ2n) is 7.90. The Morgan fingerprint density at radius 3 is 2.11 bits per heavy atom. The number of rotatable bonds is 18. The van der Waals surface area contributed by atoms with Crippen LogP contribution in [0.3, 0.4) is 0 Å². The van der Waals surface area contributed by atoms with Crippen LogP contribution < -0.4 is 10.6 Å². The minimum Gasteiger partial charge on any atom is -0.375 e. The number of carbonyl (C=O) groups is 2. The molecule has 6 nitrogen and oxygen atoms in total. The van der Waals surface area contributed by atoms with Crippen molar-refractivity contribution in [2.45, 2.75) is 97.2 Å². The lowest BCUT2D eigenvalue weighted by molar-refractivity contribution is -0.122. The molecule has 1 atom stereocenters. The minimum absolute atomic E-state index is 0.0217. The van der Waals surface area contributed by atoms with Crippen molar-refractivity contribution in [1.29, 1.82) is 0 Å². The van der Waals surface area contributed by atoms with Gasteiger partial charge in [0.1, 0.15) is 5.78 Å². The highest BCUT2D eigenvalue weighted by molar-refractivity contribution is 5.78. The Labute approximate surface area is 172 Å². The first-order valence-corrected chi connectivity index (χ1v) is 10.9. The van der Waals surface area contributed by atoms with Gasteiger partial charge in [0.2, 0.25) is 5.91 Å². The molecule has 6 heteroatoms. The second-order valence-corrected chi connectivity index (χ2v) is 7.90.